The van der Waals surface area contributed by atoms with Crippen molar-refractivity contribution in [1.82, 2.24) is 10.2 Å². The van der Waals surface area contributed by atoms with Crippen LogP contribution < -0.4 is 10.2 Å². The second-order valence-electron chi connectivity index (χ2n) is 6.46. The molecule has 0 bridgehead atoms. The maximum absolute atomic E-state index is 12.1. The van der Waals surface area contributed by atoms with E-state index in [9.17, 15) is 14.4 Å². The van der Waals surface area contributed by atoms with E-state index in [1.54, 1.807) is 6.08 Å². The molecule has 1 fully saturated rings. The van der Waals surface area contributed by atoms with Crippen LogP contribution >= 0.6 is 0 Å². The fraction of sp³-hybridized carbons (Fsp3) is 0.278. The van der Waals surface area contributed by atoms with Crippen molar-refractivity contribution >= 4 is 23.5 Å². The first-order valence-electron chi connectivity index (χ1n) is 7.64. The smallest absolute Gasteiger partial charge is 0.331 e. The van der Waals surface area contributed by atoms with Gasteiger partial charge >= 0.3 is 6.03 Å². The molecule has 0 unspecified atom stereocenters. The van der Waals surface area contributed by atoms with E-state index in [1.165, 1.54) is 18.7 Å². The Morgan fingerprint density at radius 1 is 1.00 bits per heavy atom. The van der Waals surface area contributed by atoms with Crippen molar-refractivity contribution in [2.75, 3.05) is 19.0 Å². The summed E-state index contributed by atoms with van der Waals surface area (Å²) in [6.45, 7) is 4.19. The molecule has 1 N–H and O–H groups in total. The number of nitrogens with one attached hydrogen (secondary N) is 1. The maximum Gasteiger partial charge on any atom is 0.331 e. The third kappa shape index (κ3) is 2.22. The van der Waals surface area contributed by atoms with E-state index in [1.807, 2.05) is 30.1 Å². The molecule has 1 aromatic rings. The van der Waals surface area contributed by atoms with Crippen LogP contribution in [0.2, 0.25) is 0 Å². The van der Waals surface area contributed by atoms with E-state index < -0.39 is 17.8 Å². The third-order valence-corrected chi connectivity index (χ3v) is 4.65. The Morgan fingerprint density at radius 2 is 1.67 bits per heavy atom. The van der Waals surface area contributed by atoms with Crippen molar-refractivity contribution < 1.29 is 14.4 Å². The molecule has 6 nitrogen and oxygen atoms in total. The molecule has 2 aliphatic heterocycles. The molecule has 24 heavy (non-hydrogen) atoms. The van der Waals surface area contributed by atoms with Crippen LogP contribution in [0, 0.1) is 0 Å². The predicted octanol–water partition coefficient (Wildman–Crippen LogP) is 1.93. The number of anilines is 1. The molecule has 4 amide bonds. The normalized spacial score (nSPS) is 23.1. The summed E-state index contributed by atoms with van der Waals surface area (Å²) in [5.74, 6) is -1.27. The summed E-state index contributed by atoms with van der Waals surface area (Å²) in [5.41, 5.74) is 2.95. The lowest BCUT2D eigenvalue weighted by Gasteiger charge is -2.25. The van der Waals surface area contributed by atoms with E-state index in [-0.39, 0.29) is 11.0 Å². The van der Waals surface area contributed by atoms with Crippen molar-refractivity contribution in [3.8, 4) is 0 Å². The quantitative estimate of drug-likeness (QED) is 0.633. The van der Waals surface area contributed by atoms with E-state index in [2.05, 4.69) is 25.2 Å². The van der Waals surface area contributed by atoms with Gasteiger partial charge in [-0.15, -0.1) is 0 Å². The highest BCUT2D eigenvalue weighted by Gasteiger charge is 2.38. The molecule has 1 saturated heterocycles. The lowest BCUT2D eigenvalue weighted by atomic mass is 9.83. The summed E-state index contributed by atoms with van der Waals surface area (Å²) in [7, 11) is 3.29. The SMILES string of the molecule is CN1C(=O)NC(=O)/C(=C/C=C2\N(C)c3ccccc3C2(C)C)C1=O. The molecule has 124 valence electrons. The number of para-hydroxylation sites is 1. The van der Waals surface area contributed by atoms with Gasteiger partial charge in [0.1, 0.15) is 5.57 Å². The fourth-order valence-corrected chi connectivity index (χ4v) is 3.23. The van der Waals surface area contributed by atoms with Gasteiger partial charge in [-0.05, 0) is 23.8 Å². The second kappa shape index (κ2) is 5.33. The summed E-state index contributed by atoms with van der Waals surface area (Å²) in [6.07, 6.45) is 3.26. The minimum absolute atomic E-state index is 0.0512. The van der Waals surface area contributed by atoms with Crippen LogP contribution in [0.5, 0.6) is 0 Å². The first-order valence-corrected chi connectivity index (χ1v) is 7.64. The molecule has 0 radical (unpaired) electrons. The van der Waals surface area contributed by atoms with Gasteiger partial charge < -0.3 is 4.90 Å². The Hall–Kier alpha value is -2.89. The molecule has 1 aromatic carbocycles. The number of hydrogen-bond donors (Lipinski definition) is 1. The van der Waals surface area contributed by atoms with Crippen LogP contribution in [0.1, 0.15) is 19.4 Å². The Kier molecular flexibility index (Phi) is 3.55. The van der Waals surface area contributed by atoms with Crippen molar-refractivity contribution in [3.05, 3.63) is 53.3 Å². The summed E-state index contributed by atoms with van der Waals surface area (Å²) >= 11 is 0. The lowest BCUT2D eigenvalue weighted by molar-refractivity contribution is -0.129. The number of imide groups is 2. The summed E-state index contributed by atoms with van der Waals surface area (Å²) in [6, 6.07) is 7.38. The molecule has 0 saturated carbocycles. The Labute approximate surface area is 140 Å². The average molecular weight is 325 g/mol. The van der Waals surface area contributed by atoms with Gasteiger partial charge in [-0.3, -0.25) is 19.8 Å². The summed E-state index contributed by atoms with van der Waals surface area (Å²) < 4.78 is 0. The summed E-state index contributed by atoms with van der Waals surface area (Å²) in [4.78, 5) is 38.5. The highest BCUT2D eigenvalue weighted by molar-refractivity contribution is 6.28. The zero-order valence-corrected chi connectivity index (χ0v) is 14.1. The zero-order chi connectivity index (χ0) is 17.6. The maximum atomic E-state index is 12.1. The summed E-state index contributed by atoms with van der Waals surface area (Å²) in [5, 5.41) is 2.15. The predicted molar refractivity (Wildman–Crippen MR) is 90.3 cm³/mol. The van der Waals surface area contributed by atoms with E-state index in [0.29, 0.717) is 0 Å². The van der Waals surface area contributed by atoms with Crippen LogP contribution in [0.3, 0.4) is 0 Å². The van der Waals surface area contributed by atoms with Crippen molar-refractivity contribution in [3.63, 3.8) is 0 Å². The molecule has 0 spiro atoms. The molecule has 0 aromatic heterocycles. The molecule has 2 aliphatic rings. The number of carbonyl (C=O) groups excluding carboxylic acids is 3. The number of likely N-dealkylation sites (N-methyl/N-ethyl adjacent to an activating group) is 2. The monoisotopic (exact) mass is 325 g/mol. The number of rotatable bonds is 1. The van der Waals surface area contributed by atoms with Gasteiger partial charge in [0.15, 0.2) is 0 Å². The molecule has 6 heteroatoms. The number of nitrogens with zero attached hydrogens (tertiary/aromatic N) is 2. The largest absolute Gasteiger partial charge is 0.347 e. The van der Waals surface area contributed by atoms with Gasteiger partial charge in [0, 0.05) is 30.9 Å². The number of carbonyl (C=O) groups is 3. The van der Waals surface area contributed by atoms with Crippen LogP contribution in [-0.2, 0) is 15.0 Å². The second-order valence-corrected chi connectivity index (χ2v) is 6.46. The van der Waals surface area contributed by atoms with Crippen molar-refractivity contribution in [2.24, 2.45) is 0 Å². The van der Waals surface area contributed by atoms with Crippen LogP contribution in [-0.4, -0.2) is 36.8 Å². The van der Waals surface area contributed by atoms with E-state index >= 15 is 0 Å². The van der Waals surface area contributed by atoms with Crippen molar-refractivity contribution in [1.29, 1.82) is 0 Å². The number of fused-ring (bicyclic) bond motifs is 1. The van der Waals surface area contributed by atoms with E-state index in [0.717, 1.165) is 16.3 Å². The minimum Gasteiger partial charge on any atom is -0.347 e. The minimum atomic E-state index is -0.708. The van der Waals surface area contributed by atoms with E-state index in [4.69, 9.17) is 0 Å². The highest BCUT2D eigenvalue weighted by Crippen LogP contribution is 2.46. The molecule has 0 aliphatic carbocycles. The number of allylic oxidation sites excluding steroid dienone is 3. The number of barbiturate groups is 1. The Bertz CT molecular complexity index is 821. The lowest BCUT2D eigenvalue weighted by Crippen LogP contribution is -2.52. The van der Waals surface area contributed by atoms with Gasteiger partial charge in [0.2, 0.25) is 0 Å². The zero-order valence-electron chi connectivity index (χ0n) is 14.1. The van der Waals surface area contributed by atoms with Crippen LogP contribution in [0.4, 0.5) is 10.5 Å². The number of amides is 4. The first-order chi connectivity index (χ1) is 11.2. The molecule has 0 atom stereocenters. The van der Waals surface area contributed by atoms with Gasteiger partial charge in [0.05, 0.1) is 0 Å². The molecule has 3 rings (SSSR count). The molecular formula is C18H19N3O3. The standard InChI is InChI=1S/C18H19N3O3/c1-18(2)12-7-5-6-8-13(12)20(3)14(18)10-9-11-15(22)19-17(24)21(4)16(11)23/h5-10H,1-4H3,(H,19,22,24)/b11-9-,14-10-. The van der Waals surface area contributed by atoms with Gasteiger partial charge in [-0.25, -0.2) is 4.79 Å². The number of benzene rings is 1. The first kappa shape index (κ1) is 16.0. The van der Waals surface area contributed by atoms with Crippen molar-refractivity contribution in [2.45, 2.75) is 19.3 Å². The Morgan fingerprint density at radius 3 is 2.33 bits per heavy atom. The van der Waals surface area contributed by atoms with Gasteiger partial charge in [0.25, 0.3) is 11.8 Å². The average Bonchev–Trinajstić information content (AvgIpc) is 2.73. The number of urea groups is 1. The highest BCUT2D eigenvalue weighted by atomic mass is 16.2. The van der Waals surface area contributed by atoms with Gasteiger partial charge in [-0.1, -0.05) is 32.0 Å². The topological polar surface area (TPSA) is 69.7 Å². The fourth-order valence-electron chi connectivity index (χ4n) is 3.23. The molecular weight excluding hydrogens is 306 g/mol. The third-order valence-electron chi connectivity index (χ3n) is 4.65. The van der Waals surface area contributed by atoms with Gasteiger partial charge in [-0.2, -0.15) is 0 Å². The van der Waals surface area contributed by atoms with Crippen LogP contribution in [0.15, 0.2) is 47.7 Å². The molecule has 2 heterocycles. The Balaban J connectivity index is 2.02. The number of hydrogen-bond acceptors (Lipinski definition) is 4. The van der Waals surface area contributed by atoms with Crippen LogP contribution in [0.25, 0.3) is 0 Å².